The second-order valence-electron chi connectivity index (χ2n) is 3.59. The van der Waals surface area contributed by atoms with Crippen LogP contribution in [0.3, 0.4) is 0 Å². The molecule has 0 radical (unpaired) electrons. The first-order valence-corrected chi connectivity index (χ1v) is 5.09. The van der Waals surface area contributed by atoms with E-state index >= 15 is 0 Å². The third-order valence-electron chi connectivity index (χ3n) is 2.43. The fourth-order valence-electron chi connectivity index (χ4n) is 1.46. The van der Waals surface area contributed by atoms with Gasteiger partial charge in [0.05, 0.1) is 18.9 Å². The molecular weight excluding hydrogens is 208 g/mol. The largest absolute Gasteiger partial charge is 0.495 e. The first kappa shape index (κ1) is 12.8. The molecule has 0 aliphatic carbocycles. The summed E-state index contributed by atoms with van der Waals surface area (Å²) in [6, 6.07) is 4.90. The number of ether oxygens (including phenoxy) is 1. The van der Waals surface area contributed by atoms with Crippen molar-refractivity contribution < 1.29 is 14.9 Å². The molecule has 90 valence electrons. The first-order chi connectivity index (χ1) is 7.60. The monoisotopic (exact) mass is 226 g/mol. The maximum atomic E-state index is 9.83. The molecule has 1 aromatic carbocycles. The van der Waals surface area contributed by atoms with E-state index in [0.717, 1.165) is 0 Å². The third-order valence-corrected chi connectivity index (χ3v) is 2.43. The number of anilines is 1. The van der Waals surface area contributed by atoms with Crippen LogP contribution in [-0.4, -0.2) is 30.0 Å². The molecule has 5 heteroatoms. The highest BCUT2D eigenvalue weighted by Gasteiger charge is 2.18. The van der Waals surface area contributed by atoms with E-state index in [9.17, 15) is 10.2 Å². The van der Waals surface area contributed by atoms with Crippen molar-refractivity contribution in [1.29, 1.82) is 0 Å². The van der Waals surface area contributed by atoms with Crippen molar-refractivity contribution in [2.45, 2.75) is 18.6 Å². The molecule has 5 nitrogen and oxygen atoms in total. The smallest absolute Gasteiger partial charge is 0.142 e. The Bertz CT molecular complexity index is 344. The SMILES string of the molecule is COc1cc(C(O)C(O)CCN)ccc1N. The first-order valence-electron chi connectivity index (χ1n) is 5.09. The number of nitrogens with two attached hydrogens (primary N) is 2. The summed E-state index contributed by atoms with van der Waals surface area (Å²) in [7, 11) is 1.50. The van der Waals surface area contributed by atoms with E-state index < -0.39 is 12.2 Å². The molecule has 16 heavy (non-hydrogen) atoms. The van der Waals surface area contributed by atoms with E-state index in [2.05, 4.69) is 0 Å². The maximum absolute atomic E-state index is 9.83. The lowest BCUT2D eigenvalue weighted by Crippen LogP contribution is -2.21. The average Bonchev–Trinajstić information content (AvgIpc) is 2.29. The molecule has 1 aromatic rings. The fraction of sp³-hybridized carbons (Fsp3) is 0.455. The number of benzene rings is 1. The van der Waals surface area contributed by atoms with Gasteiger partial charge in [0.25, 0.3) is 0 Å². The molecule has 0 aliphatic rings. The molecule has 0 bridgehead atoms. The lowest BCUT2D eigenvalue weighted by molar-refractivity contribution is 0.0149. The Kier molecular flexibility index (Phi) is 4.54. The van der Waals surface area contributed by atoms with Crippen LogP contribution in [0.2, 0.25) is 0 Å². The molecule has 2 unspecified atom stereocenters. The second kappa shape index (κ2) is 5.69. The number of aliphatic hydroxyl groups is 2. The summed E-state index contributed by atoms with van der Waals surface area (Å²) in [6.07, 6.45) is -1.51. The van der Waals surface area contributed by atoms with Gasteiger partial charge in [0.15, 0.2) is 0 Å². The highest BCUT2D eigenvalue weighted by molar-refractivity contribution is 5.54. The summed E-state index contributed by atoms with van der Waals surface area (Å²) in [6.45, 7) is 0.324. The minimum absolute atomic E-state index is 0.324. The Hall–Kier alpha value is -1.30. The molecule has 6 N–H and O–H groups in total. The van der Waals surface area contributed by atoms with Crippen LogP contribution < -0.4 is 16.2 Å². The third kappa shape index (κ3) is 2.85. The zero-order valence-electron chi connectivity index (χ0n) is 9.26. The van der Waals surface area contributed by atoms with Crippen molar-refractivity contribution in [3.8, 4) is 5.75 Å². The molecule has 0 saturated heterocycles. The van der Waals surface area contributed by atoms with E-state index in [1.807, 2.05) is 0 Å². The summed E-state index contributed by atoms with van der Waals surface area (Å²) in [5.74, 6) is 0.483. The summed E-state index contributed by atoms with van der Waals surface area (Å²) < 4.78 is 5.03. The number of hydrogen-bond donors (Lipinski definition) is 4. The Labute approximate surface area is 94.6 Å². The molecule has 0 fully saturated rings. The van der Waals surface area contributed by atoms with E-state index in [-0.39, 0.29) is 0 Å². The predicted molar refractivity (Wildman–Crippen MR) is 62.0 cm³/mol. The highest BCUT2D eigenvalue weighted by Crippen LogP contribution is 2.27. The summed E-state index contributed by atoms with van der Waals surface area (Å²) in [4.78, 5) is 0. The van der Waals surface area contributed by atoms with Gasteiger partial charge in [-0.05, 0) is 30.7 Å². The summed E-state index contributed by atoms with van der Waals surface area (Å²) >= 11 is 0. The van der Waals surface area contributed by atoms with E-state index in [4.69, 9.17) is 16.2 Å². The van der Waals surface area contributed by atoms with Crippen molar-refractivity contribution in [2.24, 2.45) is 5.73 Å². The molecule has 0 heterocycles. The van der Waals surface area contributed by atoms with Crippen LogP contribution in [-0.2, 0) is 0 Å². The quantitative estimate of drug-likeness (QED) is 0.530. The van der Waals surface area contributed by atoms with Crippen LogP contribution in [0.5, 0.6) is 5.75 Å². The van der Waals surface area contributed by atoms with Crippen molar-refractivity contribution in [3.05, 3.63) is 23.8 Å². The van der Waals surface area contributed by atoms with Crippen LogP contribution in [0.25, 0.3) is 0 Å². The van der Waals surface area contributed by atoms with Crippen molar-refractivity contribution in [3.63, 3.8) is 0 Å². The number of hydrogen-bond acceptors (Lipinski definition) is 5. The lowest BCUT2D eigenvalue weighted by Gasteiger charge is -2.18. The molecule has 0 spiro atoms. The van der Waals surface area contributed by atoms with Crippen LogP contribution in [0, 0.1) is 0 Å². The van der Waals surface area contributed by atoms with Crippen LogP contribution >= 0.6 is 0 Å². The number of aliphatic hydroxyl groups excluding tert-OH is 2. The van der Waals surface area contributed by atoms with E-state index in [1.165, 1.54) is 7.11 Å². The molecule has 0 amide bonds. The van der Waals surface area contributed by atoms with Crippen LogP contribution in [0.1, 0.15) is 18.1 Å². The number of nitrogen functional groups attached to an aromatic ring is 1. The molecule has 0 saturated carbocycles. The molecule has 0 aromatic heterocycles. The molecular formula is C11H18N2O3. The average molecular weight is 226 g/mol. The number of methoxy groups -OCH3 is 1. The van der Waals surface area contributed by atoms with Crippen LogP contribution in [0.4, 0.5) is 5.69 Å². The summed E-state index contributed by atoms with van der Waals surface area (Å²) in [5, 5.41) is 19.4. The van der Waals surface area contributed by atoms with Gasteiger partial charge in [-0.3, -0.25) is 0 Å². The van der Waals surface area contributed by atoms with Gasteiger partial charge in [0, 0.05) is 0 Å². The maximum Gasteiger partial charge on any atom is 0.142 e. The Morgan fingerprint density at radius 1 is 1.38 bits per heavy atom. The highest BCUT2D eigenvalue weighted by atomic mass is 16.5. The summed E-state index contributed by atoms with van der Waals surface area (Å²) in [5.41, 5.74) is 12.0. The van der Waals surface area contributed by atoms with Gasteiger partial charge >= 0.3 is 0 Å². The van der Waals surface area contributed by atoms with Gasteiger partial charge in [-0.15, -0.1) is 0 Å². The Morgan fingerprint density at radius 2 is 2.06 bits per heavy atom. The van der Waals surface area contributed by atoms with Crippen molar-refractivity contribution in [1.82, 2.24) is 0 Å². The zero-order chi connectivity index (χ0) is 12.1. The van der Waals surface area contributed by atoms with Crippen LogP contribution in [0.15, 0.2) is 18.2 Å². The Morgan fingerprint density at radius 3 is 2.62 bits per heavy atom. The minimum Gasteiger partial charge on any atom is -0.495 e. The van der Waals surface area contributed by atoms with Gasteiger partial charge in [0.1, 0.15) is 11.9 Å². The van der Waals surface area contributed by atoms with Gasteiger partial charge in [-0.2, -0.15) is 0 Å². The van der Waals surface area contributed by atoms with Gasteiger partial charge in [0.2, 0.25) is 0 Å². The van der Waals surface area contributed by atoms with Crippen molar-refractivity contribution in [2.75, 3.05) is 19.4 Å². The second-order valence-corrected chi connectivity index (χ2v) is 3.59. The fourth-order valence-corrected chi connectivity index (χ4v) is 1.46. The normalized spacial score (nSPS) is 14.5. The molecule has 1 rings (SSSR count). The predicted octanol–water partition coefficient (Wildman–Crippen LogP) is 0.0205. The van der Waals surface area contributed by atoms with Gasteiger partial charge in [-0.1, -0.05) is 6.07 Å². The van der Waals surface area contributed by atoms with E-state index in [0.29, 0.717) is 30.0 Å². The standard InChI is InChI=1S/C11H18N2O3/c1-16-10-6-7(2-3-8(10)13)11(15)9(14)4-5-12/h2-3,6,9,11,14-15H,4-5,12-13H2,1H3. The van der Waals surface area contributed by atoms with Gasteiger partial charge in [-0.25, -0.2) is 0 Å². The van der Waals surface area contributed by atoms with Crippen molar-refractivity contribution >= 4 is 5.69 Å². The molecule has 2 atom stereocenters. The topological polar surface area (TPSA) is 102 Å². The van der Waals surface area contributed by atoms with Gasteiger partial charge < -0.3 is 26.4 Å². The Balaban J connectivity index is 2.87. The number of rotatable bonds is 5. The molecule has 0 aliphatic heterocycles. The zero-order valence-corrected chi connectivity index (χ0v) is 9.26. The lowest BCUT2D eigenvalue weighted by atomic mass is 10.0. The minimum atomic E-state index is -0.974. The van der Waals surface area contributed by atoms with E-state index in [1.54, 1.807) is 18.2 Å².